The van der Waals surface area contributed by atoms with Crippen molar-refractivity contribution >= 4 is 65.2 Å². The monoisotopic (exact) mass is 1010 g/mol. The maximum atomic E-state index is 12.7. The fourth-order valence-electron chi connectivity index (χ4n) is 6.66. The van der Waals surface area contributed by atoms with E-state index in [1.807, 2.05) is 5.09 Å². The Hall–Kier alpha value is -4.24. The SMILES string of the molecule is Cn1c[n+]([C@@H]2O[C@H](COP(=O)(O)OP(=O)(O)NCCn3cc(CCP(=O)(O)OP(=O)(O)OC[C@H]4O[C@@H](n5cnc6c(=O)[nH]c(N)nc65)[C@@H](O)C4O)nn3)[C@H](O)C2O)c2nc(N)[nH]c(=O)c21. The number of rotatable bonds is 19. The fourth-order valence-corrected chi connectivity index (χ4v) is 11.6. The third kappa shape index (κ3) is 11.0. The Balaban J connectivity index is 0.838. The normalized spacial score (nSPS) is 27.5. The minimum atomic E-state index is -5.36. The predicted molar refractivity (Wildman–Crippen MR) is 210 cm³/mol. The molecule has 2 aliphatic rings. The predicted octanol–water partition coefficient (Wildman–Crippen LogP) is -4.94. The number of hydrogen-bond donors (Lipinski definition) is 13. The number of aliphatic hydroxyl groups excluding tert-OH is 4. The van der Waals surface area contributed by atoms with E-state index in [4.69, 9.17) is 30.0 Å². The van der Waals surface area contributed by atoms with Crippen LogP contribution in [-0.4, -0.2) is 152 Å². The summed E-state index contributed by atoms with van der Waals surface area (Å²) >= 11 is 0. The van der Waals surface area contributed by atoms with Crippen LogP contribution >= 0.6 is 31.0 Å². The lowest BCUT2D eigenvalue weighted by atomic mass is 10.1. The van der Waals surface area contributed by atoms with E-state index in [1.165, 1.54) is 28.7 Å². The largest absolute Gasteiger partial charge is 0.480 e. The van der Waals surface area contributed by atoms with Crippen LogP contribution in [0.1, 0.15) is 18.1 Å². The van der Waals surface area contributed by atoms with Crippen molar-refractivity contribution in [1.82, 2.24) is 54.1 Å². The summed E-state index contributed by atoms with van der Waals surface area (Å²) in [5.41, 5.74) is 9.69. The number of nitrogen functional groups attached to an aromatic ring is 2. The van der Waals surface area contributed by atoms with E-state index in [2.05, 4.69) is 43.9 Å². The van der Waals surface area contributed by atoms with Gasteiger partial charge in [-0.1, -0.05) is 10.2 Å². The van der Waals surface area contributed by atoms with Crippen LogP contribution < -0.4 is 32.2 Å². The number of phosphoric acid groups is 2. The number of nitrogens with one attached hydrogen (secondary N) is 3. The Labute approximate surface area is 360 Å². The molecule has 0 spiro atoms. The second-order valence-electron chi connectivity index (χ2n) is 14.3. The molecule has 7 heterocycles. The van der Waals surface area contributed by atoms with Crippen molar-refractivity contribution in [2.75, 3.05) is 37.4 Å². The highest BCUT2D eigenvalue weighted by molar-refractivity contribution is 7.64. The molecule has 2 aliphatic heterocycles. The Kier molecular flexibility index (Phi) is 13.8. The van der Waals surface area contributed by atoms with Crippen molar-refractivity contribution in [3.8, 4) is 0 Å². The molecule has 0 amide bonds. The van der Waals surface area contributed by atoms with Crippen LogP contribution in [0.5, 0.6) is 0 Å². The topological polar surface area (TPSA) is 498 Å². The molecule has 2 fully saturated rings. The van der Waals surface area contributed by atoms with E-state index in [0.29, 0.717) is 0 Å². The van der Waals surface area contributed by atoms with Crippen LogP contribution in [0.3, 0.4) is 0 Å². The van der Waals surface area contributed by atoms with Gasteiger partial charge in [0.2, 0.25) is 17.7 Å². The molecular formula is C27H41N14O20P4+. The zero-order valence-corrected chi connectivity index (χ0v) is 36.6. The lowest BCUT2D eigenvalue weighted by Crippen LogP contribution is -2.46. The maximum Gasteiger partial charge on any atom is 0.480 e. The molecule has 34 nitrogen and oxygen atoms in total. The summed E-state index contributed by atoms with van der Waals surface area (Å²) in [6.07, 6.45) is -10.2. The van der Waals surface area contributed by atoms with E-state index >= 15 is 0 Å². The molecule has 0 aliphatic carbocycles. The van der Waals surface area contributed by atoms with Gasteiger partial charge in [0, 0.05) is 19.2 Å². The van der Waals surface area contributed by atoms with E-state index < -0.39 is 117 Å². The summed E-state index contributed by atoms with van der Waals surface area (Å²) in [5, 5.41) is 51.8. The van der Waals surface area contributed by atoms with Crippen molar-refractivity contribution in [3.05, 3.63) is 45.3 Å². The smallest absolute Gasteiger partial charge is 0.387 e. The quantitative estimate of drug-likeness (QED) is 0.0272. The van der Waals surface area contributed by atoms with Gasteiger partial charge in [-0.25, -0.2) is 32.6 Å². The van der Waals surface area contributed by atoms with E-state index in [-0.39, 0.29) is 52.9 Å². The van der Waals surface area contributed by atoms with Gasteiger partial charge >= 0.3 is 36.6 Å². The number of imidazole rings is 2. The summed E-state index contributed by atoms with van der Waals surface area (Å²) < 4.78 is 84.8. The molecular weight excluding hydrogens is 964 g/mol. The third-order valence-electron chi connectivity index (χ3n) is 9.60. The van der Waals surface area contributed by atoms with Crippen molar-refractivity contribution in [1.29, 1.82) is 0 Å². The number of H-pyrrole nitrogens is 2. The number of ether oxygens (including phenoxy) is 2. The van der Waals surface area contributed by atoms with Crippen molar-refractivity contribution in [2.24, 2.45) is 7.05 Å². The number of aromatic nitrogens is 11. The molecule has 358 valence electrons. The Morgan fingerprint density at radius 2 is 1.51 bits per heavy atom. The summed E-state index contributed by atoms with van der Waals surface area (Å²) in [5.74, 6) is -0.534. The van der Waals surface area contributed by atoms with Crippen LogP contribution in [0.2, 0.25) is 0 Å². The molecule has 65 heavy (non-hydrogen) atoms. The number of nitrogens with two attached hydrogens (primary N) is 2. The van der Waals surface area contributed by atoms with Crippen molar-refractivity contribution < 1.29 is 90.0 Å². The second kappa shape index (κ2) is 18.4. The van der Waals surface area contributed by atoms with Gasteiger partial charge in [-0.3, -0.25) is 47.0 Å². The Morgan fingerprint density at radius 3 is 2.22 bits per heavy atom. The first-order valence-electron chi connectivity index (χ1n) is 18.5. The molecule has 0 radical (unpaired) electrons. The highest BCUT2D eigenvalue weighted by atomic mass is 31.3. The number of anilines is 2. The van der Waals surface area contributed by atoms with Gasteiger partial charge in [0.1, 0.15) is 36.6 Å². The molecule has 38 heteroatoms. The molecule has 2 saturated heterocycles. The van der Waals surface area contributed by atoms with Gasteiger partial charge in [0.05, 0.1) is 45.0 Å². The van der Waals surface area contributed by atoms with Gasteiger partial charge in [-0.2, -0.15) is 9.29 Å². The van der Waals surface area contributed by atoms with Crippen LogP contribution in [0, 0.1) is 0 Å². The molecule has 12 atom stereocenters. The molecule has 0 bridgehead atoms. The van der Waals surface area contributed by atoms with Gasteiger partial charge in [0.15, 0.2) is 23.7 Å². The lowest BCUT2D eigenvalue weighted by molar-refractivity contribution is -0.745. The first-order valence-corrected chi connectivity index (χ1v) is 24.8. The summed E-state index contributed by atoms with van der Waals surface area (Å²) in [7, 11) is -19.2. The van der Waals surface area contributed by atoms with Crippen molar-refractivity contribution in [2.45, 2.75) is 62.0 Å². The number of hydrogen-bond acceptors (Lipinski definition) is 23. The van der Waals surface area contributed by atoms with E-state index in [0.717, 1.165) is 15.6 Å². The molecule has 5 aromatic heterocycles. The standard InChI is InChI=1S/C27H40N14O20P4/c1-38-10-41(21-15(38)23(47)35-27(29)33-21)25-19(45)17(43)13(59-25)8-57-65(54,55)61-63(50,51)31-3-4-39-6-11(36-37-39)2-5-62(48,49)60-64(52,53)56-7-12-16(42)18(44)24(58-12)40-9-30-14-20(40)32-26(28)34-22(14)46/h6,9-10,12-13,16-19,24-25,42-45H,2-5,7-8H2,1H3,(H10-,28,29,31,32,33,34,35,46,47,48,49,50,51,52,53,54,55)/p+1/t12-,13-,16?,17+,18+,19?,24-,25-/m1/s1. The number of aryl methyl sites for hydroxylation is 2. The zero-order chi connectivity index (χ0) is 47.4. The first kappa shape index (κ1) is 48.7. The number of phosphoric ester groups is 2. The summed E-state index contributed by atoms with van der Waals surface area (Å²) in [6, 6.07) is 0. The molecule has 5 aromatic rings. The average molecular weight is 1010 g/mol. The number of fused-ring (bicyclic) bond motifs is 2. The molecule has 0 aromatic carbocycles. The van der Waals surface area contributed by atoms with Crippen molar-refractivity contribution in [3.63, 3.8) is 0 Å². The second-order valence-corrected chi connectivity index (χ2v) is 21.1. The Morgan fingerprint density at radius 1 is 0.877 bits per heavy atom. The highest BCUT2D eigenvalue weighted by Crippen LogP contribution is 2.60. The molecule has 6 unspecified atom stereocenters. The lowest BCUT2D eigenvalue weighted by Gasteiger charge is -2.19. The van der Waals surface area contributed by atoms with Gasteiger partial charge < -0.3 is 60.9 Å². The fraction of sp³-hybridized carbons (Fsp3) is 0.556. The number of nitrogens with zero attached hydrogens (tertiary/aromatic N) is 9. The van der Waals surface area contributed by atoms with E-state index in [1.54, 1.807) is 0 Å². The van der Waals surface area contributed by atoms with Crippen LogP contribution in [0.25, 0.3) is 22.3 Å². The zero-order valence-electron chi connectivity index (χ0n) is 33.0. The average Bonchev–Trinajstić information content (AvgIpc) is 4.01. The van der Waals surface area contributed by atoms with Gasteiger partial charge in [0.25, 0.3) is 17.1 Å². The summed E-state index contributed by atoms with van der Waals surface area (Å²) in [6.45, 7) is -2.56. The minimum Gasteiger partial charge on any atom is -0.387 e. The summed E-state index contributed by atoms with van der Waals surface area (Å²) in [4.78, 5) is 81.6. The van der Waals surface area contributed by atoms with E-state index in [9.17, 15) is 67.8 Å². The van der Waals surface area contributed by atoms with Gasteiger partial charge in [-0.15, -0.1) is 5.10 Å². The third-order valence-corrected chi connectivity index (χ3v) is 15.5. The molecule has 7 rings (SSSR count). The molecule has 15 N–H and O–H groups in total. The highest BCUT2D eigenvalue weighted by Gasteiger charge is 2.49. The van der Waals surface area contributed by atoms with Gasteiger partial charge in [-0.05, 0) is 0 Å². The number of aliphatic hydroxyl groups is 4. The number of aromatic amines is 2. The Bertz CT molecular complexity index is 2890. The van der Waals surface area contributed by atoms with Crippen LogP contribution in [0.4, 0.5) is 11.9 Å². The molecule has 0 saturated carbocycles. The maximum absolute atomic E-state index is 12.7. The van der Waals surface area contributed by atoms with Crippen LogP contribution in [-0.2, 0) is 65.4 Å². The first-order chi connectivity index (χ1) is 30.3. The van der Waals surface area contributed by atoms with Crippen LogP contribution in [0.15, 0.2) is 28.4 Å². The minimum absolute atomic E-state index is 0.0244.